The van der Waals surface area contributed by atoms with E-state index in [1.54, 1.807) is 30.5 Å². The third kappa shape index (κ3) is 6.74. The van der Waals surface area contributed by atoms with Gasteiger partial charge in [-0.3, -0.25) is 0 Å². The Labute approximate surface area is 199 Å². The van der Waals surface area contributed by atoms with E-state index in [2.05, 4.69) is 25.3 Å². The Morgan fingerprint density at radius 1 is 1.32 bits per heavy atom. The lowest BCUT2D eigenvalue weighted by Gasteiger charge is -2.20. The van der Waals surface area contributed by atoms with Gasteiger partial charge in [-0.1, -0.05) is 12.1 Å². The van der Waals surface area contributed by atoms with Gasteiger partial charge in [0.2, 0.25) is 10.0 Å². The summed E-state index contributed by atoms with van der Waals surface area (Å²) in [5, 5.41) is 6.58. The van der Waals surface area contributed by atoms with Crippen molar-refractivity contribution in [1.82, 2.24) is 20.3 Å². The van der Waals surface area contributed by atoms with Crippen molar-refractivity contribution in [1.29, 1.82) is 0 Å². The first-order chi connectivity index (χ1) is 14.4. The molecule has 0 spiro atoms. The van der Waals surface area contributed by atoms with Gasteiger partial charge in [-0.15, -0.1) is 24.0 Å². The molecular weight excluding hydrogens is 534 g/mol. The van der Waals surface area contributed by atoms with E-state index >= 15 is 0 Å². The number of nitrogens with zero attached hydrogens (tertiary/aromatic N) is 3. The Balaban J connectivity index is 0.00000341. The number of halogens is 2. The van der Waals surface area contributed by atoms with E-state index in [1.807, 2.05) is 17.9 Å². The van der Waals surface area contributed by atoms with Crippen LogP contribution in [0.4, 0.5) is 10.2 Å². The van der Waals surface area contributed by atoms with Gasteiger partial charge >= 0.3 is 0 Å². The van der Waals surface area contributed by atoms with Crippen LogP contribution in [0.15, 0.2) is 52.5 Å². The lowest BCUT2D eigenvalue weighted by Crippen LogP contribution is -2.44. The molecule has 0 aliphatic carbocycles. The van der Waals surface area contributed by atoms with Crippen LogP contribution in [-0.4, -0.2) is 52.1 Å². The number of anilines is 1. The molecule has 1 atom stereocenters. The highest BCUT2D eigenvalue weighted by atomic mass is 127. The van der Waals surface area contributed by atoms with Gasteiger partial charge in [0.15, 0.2) is 17.6 Å². The Hall–Kier alpha value is -1.99. The number of hydrogen-bond donors (Lipinski definition) is 3. The number of hydrogen-bond acceptors (Lipinski definition) is 5. The van der Waals surface area contributed by atoms with Crippen LogP contribution >= 0.6 is 24.0 Å². The predicted octanol–water partition coefficient (Wildman–Crippen LogP) is 2.08. The van der Waals surface area contributed by atoms with Crippen LogP contribution in [0.25, 0.3) is 0 Å². The fraction of sp³-hybridized carbons (Fsp3) is 0.400. The maximum atomic E-state index is 14.0. The Morgan fingerprint density at radius 2 is 2.13 bits per heavy atom. The Kier molecular flexibility index (Phi) is 9.44. The van der Waals surface area contributed by atoms with Crippen LogP contribution in [-0.2, 0) is 16.6 Å². The van der Waals surface area contributed by atoms with Crippen LogP contribution in [0.2, 0.25) is 0 Å². The average molecular weight is 562 g/mol. The van der Waals surface area contributed by atoms with Crippen molar-refractivity contribution in [2.45, 2.75) is 30.8 Å². The van der Waals surface area contributed by atoms with Crippen LogP contribution in [0.5, 0.6) is 0 Å². The minimum absolute atomic E-state index is 0. The molecular formula is C20H28FIN6O2S. The van der Waals surface area contributed by atoms with E-state index < -0.39 is 10.0 Å². The van der Waals surface area contributed by atoms with E-state index in [-0.39, 0.29) is 40.7 Å². The third-order valence-corrected chi connectivity index (χ3v) is 6.22. The molecule has 1 aliphatic rings. The molecule has 31 heavy (non-hydrogen) atoms. The average Bonchev–Trinajstić information content (AvgIpc) is 3.21. The van der Waals surface area contributed by atoms with Gasteiger partial charge in [0.1, 0.15) is 0 Å². The van der Waals surface area contributed by atoms with Gasteiger partial charge in [0, 0.05) is 31.9 Å². The molecule has 170 valence electrons. The molecule has 1 fully saturated rings. The van der Waals surface area contributed by atoms with E-state index in [0.29, 0.717) is 38.0 Å². The van der Waals surface area contributed by atoms with Gasteiger partial charge in [0.25, 0.3) is 0 Å². The standard InChI is InChI=1S/C20H27FN6O2S.HI/c1-3-23-20(25-13-15-6-4-7-17(12-15)30(28,29)22-2)26-16-9-11-27(14-16)19-18(21)8-5-10-24-19;/h4-8,10,12,16,22H,3,9,11,13-14H2,1-2H3,(H2,23,25,26);1H. The van der Waals surface area contributed by atoms with E-state index in [4.69, 9.17) is 0 Å². The number of rotatable bonds is 7. The zero-order valence-electron chi connectivity index (χ0n) is 17.5. The minimum Gasteiger partial charge on any atom is -0.357 e. The van der Waals surface area contributed by atoms with Gasteiger partial charge in [0.05, 0.1) is 11.4 Å². The molecule has 2 aromatic rings. The second kappa shape index (κ2) is 11.6. The Bertz CT molecular complexity index is 1000. The number of aromatic nitrogens is 1. The summed E-state index contributed by atoms with van der Waals surface area (Å²) < 4.78 is 40.3. The highest BCUT2D eigenvalue weighted by Gasteiger charge is 2.26. The molecule has 3 rings (SSSR count). The van der Waals surface area contributed by atoms with Crippen LogP contribution in [0, 0.1) is 5.82 Å². The SMILES string of the molecule is CCNC(=NCc1cccc(S(=O)(=O)NC)c1)NC1CCN(c2ncccc2F)C1.I. The molecule has 0 bridgehead atoms. The highest BCUT2D eigenvalue weighted by molar-refractivity contribution is 14.0. The number of benzene rings is 1. The fourth-order valence-electron chi connectivity index (χ4n) is 3.29. The molecule has 0 saturated carbocycles. The van der Waals surface area contributed by atoms with E-state index in [0.717, 1.165) is 12.0 Å². The maximum Gasteiger partial charge on any atom is 0.240 e. The smallest absolute Gasteiger partial charge is 0.240 e. The molecule has 1 aromatic carbocycles. The first-order valence-corrected chi connectivity index (χ1v) is 11.3. The molecule has 0 amide bonds. The van der Waals surface area contributed by atoms with Gasteiger partial charge in [-0.25, -0.2) is 27.5 Å². The quantitative estimate of drug-likeness (QED) is 0.272. The molecule has 0 radical (unpaired) electrons. The summed E-state index contributed by atoms with van der Waals surface area (Å²) in [4.78, 5) is 10.9. The molecule has 1 aliphatic heterocycles. The first kappa shape index (κ1) is 25.3. The topological polar surface area (TPSA) is 98.7 Å². The highest BCUT2D eigenvalue weighted by Crippen LogP contribution is 2.20. The summed E-state index contributed by atoms with van der Waals surface area (Å²) in [7, 11) is -2.11. The summed E-state index contributed by atoms with van der Waals surface area (Å²) in [6, 6.07) is 9.79. The summed E-state index contributed by atoms with van der Waals surface area (Å²) in [6.07, 6.45) is 2.42. The lowest BCUT2D eigenvalue weighted by molar-refractivity contribution is 0.588. The van der Waals surface area contributed by atoms with Gasteiger partial charge in [-0.2, -0.15) is 0 Å². The number of sulfonamides is 1. The molecule has 2 heterocycles. The van der Waals surface area contributed by atoms with Gasteiger partial charge in [-0.05, 0) is 50.2 Å². The fourth-order valence-corrected chi connectivity index (χ4v) is 4.09. The number of guanidine groups is 1. The number of pyridine rings is 1. The molecule has 3 N–H and O–H groups in total. The van der Waals surface area contributed by atoms with Crippen molar-refractivity contribution in [3.05, 3.63) is 54.0 Å². The molecule has 1 saturated heterocycles. The Morgan fingerprint density at radius 3 is 2.84 bits per heavy atom. The summed E-state index contributed by atoms with van der Waals surface area (Å²) in [6.45, 7) is 4.31. The second-order valence-corrected chi connectivity index (χ2v) is 8.82. The van der Waals surface area contributed by atoms with E-state index in [9.17, 15) is 12.8 Å². The number of aliphatic imine (C=N–C) groups is 1. The second-order valence-electron chi connectivity index (χ2n) is 6.93. The molecule has 8 nitrogen and oxygen atoms in total. The van der Waals surface area contributed by atoms with Crippen LogP contribution < -0.4 is 20.3 Å². The molecule has 11 heteroatoms. The molecule has 1 aromatic heterocycles. The summed E-state index contributed by atoms with van der Waals surface area (Å²) in [5.74, 6) is 0.675. The maximum absolute atomic E-state index is 14.0. The minimum atomic E-state index is -3.50. The first-order valence-electron chi connectivity index (χ1n) is 9.85. The van der Waals surface area contributed by atoms with Crippen molar-refractivity contribution in [2.24, 2.45) is 4.99 Å². The predicted molar refractivity (Wildman–Crippen MR) is 131 cm³/mol. The zero-order valence-corrected chi connectivity index (χ0v) is 20.7. The van der Waals surface area contributed by atoms with Crippen LogP contribution in [0.3, 0.4) is 0 Å². The summed E-state index contributed by atoms with van der Waals surface area (Å²) >= 11 is 0. The van der Waals surface area contributed by atoms with Crippen LogP contribution in [0.1, 0.15) is 18.9 Å². The van der Waals surface area contributed by atoms with Crippen molar-refractivity contribution in [3.63, 3.8) is 0 Å². The van der Waals surface area contributed by atoms with Crippen molar-refractivity contribution >= 4 is 45.8 Å². The van der Waals surface area contributed by atoms with Crippen molar-refractivity contribution in [2.75, 3.05) is 31.6 Å². The number of nitrogens with one attached hydrogen (secondary N) is 3. The third-order valence-electron chi connectivity index (χ3n) is 4.81. The summed E-state index contributed by atoms with van der Waals surface area (Å²) in [5.41, 5.74) is 0.784. The largest absolute Gasteiger partial charge is 0.357 e. The van der Waals surface area contributed by atoms with Crippen molar-refractivity contribution < 1.29 is 12.8 Å². The lowest BCUT2D eigenvalue weighted by atomic mass is 10.2. The van der Waals surface area contributed by atoms with Crippen molar-refractivity contribution in [3.8, 4) is 0 Å². The van der Waals surface area contributed by atoms with Gasteiger partial charge < -0.3 is 15.5 Å². The molecule has 1 unspecified atom stereocenters. The normalized spacial score (nSPS) is 16.7. The monoisotopic (exact) mass is 562 g/mol. The van der Waals surface area contributed by atoms with E-state index in [1.165, 1.54) is 13.1 Å². The zero-order chi connectivity index (χ0) is 21.6.